The molecule has 21 heavy (non-hydrogen) atoms. The molecule has 0 atom stereocenters. The summed E-state index contributed by atoms with van der Waals surface area (Å²) in [6, 6.07) is 9.93. The molecule has 0 radical (unpaired) electrons. The molecule has 2 N–H and O–H groups in total. The van der Waals surface area contributed by atoms with E-state index in [-0.39, 0.29) is 11.8 Å². The average molecular weight is 367 g/mol. The first-order valence-corrected chi connectivity index (χ1v) is 8.46. The Morgan fingerprint density at radius 3 is 2.38 bits per heavy atom. The molecule has 3 nitrogen and oxygen atoms in total. The predicted molar refractivity (Wildman–Crippen MR) is 94.0 cm³/mol. The van der Waals surface area contributed by atoms with Gasteiger partial charge in [-0.2, -0.15) is 0 Å². The van der Waals surface area contributed by atoms with Crippen LogP contribution in [0, 0.1) is 12.8 Å². The fraction of sp³-hybridized carbons (Fsp3) is 0.312. The molecule has 0 saturated carbocycles. The van der Waals surface area contributed by atoms with E-state index in [4.69, 9.17) is 0 Å². The lowest BCUT2D eigenvalue weighted by Gasteiger charge is -2.09. The zero-order chi connectivity index (χ0) is 15.4. The summed E-state index contributed by atoms with van der Waals surface area (Å²) >= 11 is 5.31. The molecule has 0 aliphatic carbocycles. The van der Waals surface area contributed by atoms with Gasteiger partial charge in [-0.3, -0.25) is 4.79 Å². The van der Waals surface area contributed by atoms with Crippen molar-refractivity contribution in [3.8, 4) is 0 Å². The molecule has 2 rings (SSSR count). The summed E-state index contributed by atoms with van der Waals surface area (Å²) < 4.78 is 1.16. The number of amides is 1. The third-order valence-corrected chi connectivity index (χ3v) is 5.19. The molecule has 0 aliphatic rings. The molecule has 1 aromatic heterocycles. The smallest absolute Gasteiger partial charge is 0.226 e. The largest absolute Gasteiger partial charge is 0.380 e. The summed E-state index contributed by atoms with van der Waals surface area (Å²) in [4.78, 5) is 14.2. The van der Waals surface area contributed by atoms with Crippen molar-refractivity contribution >= 4 is 44.5 Å². The monoisotopic (exact) mass is 366 g/mol. The highest BCUT2D eigenvalue weighted by Crippen LogP contribution is 2.27. The number of halogens is 1. The van der Waals surface area contributed by atoms with Gasteiger partial charge in [0.25, 0.3) is 0 Å². The Bertz CT molecular complexity index is 600. The lowest BCUT2D eigenvalue weighted by atomic mass is 10.2. The van der Waals surface area contributed by atoms with Crippen LogP contribution in [0.3, 0.4) is 0 Å². The topological polar surface area (TPSA) is 41.1 Å². The number of benzene rings is 1. The summed E-state index contributed by atoms with van der Waals surface area (Å²) in [5.74, 6) is 0.0259. The van der Waals surface area contributed by atoms with Crippen molar-refractivity contribution in [3.05, 3.63) is 44.6 Å². The number of aryl methyl sites for hydroxylation is 1. The van der Waals surface area contributed by atoms with Gasteiger partial charge in [-0.15, -0.1) is 11.3 Å². The normalized spacial score (nSPS) is 10.7. The maximum atomic E-state index is 11.6. The van der Waals surface area contributed by atoms with Crippen molar-refractivity contribution in [1.82, 2.24) is 0 Å². The Kier molecular flexibility index (Phi) is 5.42. The van der Waals surface area contributed by atoms with Crippen LogP contribution in [-0.2, 0) is 11.3 Å². The minimum atomic E-state index is -0.0108. The molecule has 1 aromatic carbocycles. The molecule has 5 heteroatoms. The Morgan fingerprint density at radius 1 is 1.24 bits per heavy atom. The third kappa shape index (κ3) is 4.58. The molecule has 1 amide bonds. The number of carbonyl (C=O) groups is 1. The average Bonchev–Trinajstić information content (AvgIpc) is 2.77. The molecule has 1 heterocycles. The second-order valence-electron chi connectivity index (χ2n) is 5.19. The van der Waals surface area contributed by atoms with E-state index in [0.29, 0.717) is 0 Å². The molecule has 112 valence electrons. The van der Waals surface area contributed by atoms with E-state index in [0.717, 1.165) is 22.4 Å². The van der Waals surface area contributed by atoms with Crippen LogP contribution in [0.4, 0.5) is 11.4 Å². The SMILES string of the molecule is Cc1sc(CNc2ccc(NC(=O)C(C)C)cc2)cc1Br. The maximum absolute atomic E-state index is 11.6. The van der Waals surface area contributed by atoms with Gasteiger partial charge in [-0.1, -0.05) is 13.8 Å². The van der Waals surface area contributed by atoms with Crippen LogP contribution in [0.25, 0.3) is 0 Å². The Hall–Kier alpha value is -1.33. The van der Waals surface area contributed by atoms with Crippen molar-refractivity contribution in [1.29, 1.82) is 0 Å². The van der Waals surface area contributed by atoms with Crippen LogP contribution in [0.2, 0.25) is 0 Å². The standard InChI is InChI=1S/C16H19BrN2OS/c1-10(2)16(20)19-13-6-4-12(5-7-13)18-9-14-8-15(17)11(3)21-14/h4-8,10,18H,9H2,1-3H3,(H,19,20). The zero-order valence-electron chi connectivity index (χ0n) is 12.4. The zero-order valence-corrected chi connectivity index (χ0v) is 14.8. The van der Waals surface area contributed by atoms with E-state index in [2.05, 4.69) is 39.6 Å². The van der Waals surface area contributed by atoms with Crippen LogP contribution < -0.4 is 10.6 Å². The first-order chi connectivity index (χ1) is 9.95. The van der Waals surface area contributed by atoms with E-state index in [1.165, 1.54) is 9.75 Å². The molecule has 0 bridgehead atoms. The number of anilines is 2. The van der Waals surface area contributed by atoms with Crippen LogP contribution in [0.1, 0.15) is 23.6 Å². The van der Waals surface area contributed by atoms with Crippen molar-refractivity contribution in [2.75, 3.05) is 10.6 Å². The number of nitrogens with one attached hydrogen (secondary N) is 2. The number of carbonyl (C=O) groups excluding carboxylic acids is 1. The molecule has 2 aromatic rings. The summed E-state index contributed by atoms with van der Waals surface area (Å²) in [7, 11) is 0. The van der Waals surface area contributed by atoms with Gasteiger partial charge in [0.05, 0.1) is 0 Å². The maximum Gasteiger partial charge on any atom is 0.226 e. The van der Waals surface area contributed by atoms with Crippen LogP contribution in [-0.4, -0.2) is 5.91 Å². The summed E-state index contributed by atoms with van der Waals surface area (Å²) in [6.07, 6.45) is 0. The van der Waals surface area contributed by atoms with Gasteiger partial charge in [0.2, 0.25) is 5.91 Å². The molecule has 0 unspecified atom stereocenters. The summed E-state index contributed by atoms with van der Waals surface area (Å²) in [5, 5.41) is 6.26. The minimum absolute atomic E-state index is 0.0108. The van der Waals surface area contributed by atoms with E-state index in [1.54, 1.807) is 11.3 Å². The fourth-order valence-corrected chi connectivity index (χ4v) is 3.29. The van der Waals surface area contributed by atoms with Crippen molar-refractivity contribution in [2.45, 2.75) is 27.3 Å². The van der Waals surface area contributed by atoms with Crippen molar-refractivity contribution < 1.29 is 4.79 Å². The van der Waals surface area contributed by atoms with Gasteiger partial charge in [-0.25, -0.2) is 0 Å². The molecular formula is C16H19BrN2OS. The number of thiophene rings is 1. The fourth-order valence-electron chi connectivity index (χ4n) is 1.75. The summed E-state index contributed by atoms with van der Waals surface area (Å²) in [6.45, 7) is 6.66. The number of hydrogen-bond donors (Lipinski definition) is 2. The van der Waals surface area contributed by atoms with E-state index in [9.17, 15) is 4.79 Å². The lowest BCUT2D eigenvalue weighted by molar-refractivity contribution is -0.118. The quantitative estimate of drug-likeness (QED) is 0.779. The van der Waals surface area contributed by atoms with Crippen LogP contribution >= 0.6 is 27.3 Å². The first-order valence-electron chi connectivity index (χ1n) is 6.85. The lowest BCUT2D eigenvalue weighted by Crippen LogP contribution is -2.17. The molecular weight excluding hydrogens is 348 g/mol. The van der Waals surface area contributed by atoms with E-state index >= 15 is 0 Å². The number of rotatable bonds is 5. The van der Waals surface area contributed by atoms with Gasteiger partial charge < -0.3 is 10.6 Å². The highest BCUT2D eigenvalue weighted by molar-refractivity contribution is 9.10. The second-order valence-corrected chi connectivity index (χ2v) is 7.39. The summed E-state index contributed by atoms with van der Waals surface area (Å²) in [5.41, 5.74) is 1.87. The number of hydrogen-bond acceptors (Lipinski definition) is 3. The molecule has 0 aliphatic heterocycles. The molecule has 0 spiro atoms. The highest BCUT2D eigenvalue weighted by atomic mass is 79.9. The van der Waals surface area contributed by atoms with E-state index in [1.807, 2.05) is 38.1 Å². The Balaban J connectivity index is 1.91. The van der Waals surface area contributed by atoms with Gasteiger partial charge in [0.15, 0.2) is 0 Å². The van der Waals surface area contributed by atoms with Crippen LogP contribution in [0.15, 0.2) is 34.8 Å². The van der Waals surface area contributed by atoms with Gasteiger partial charge in [0.1, 0.15) is 0 Å². The Labute approximate surface area is 137 Å². The molecule has 0 saturated heterocycles. The van der Waals surface area contributed by atoms with E-state index < -0.39 is 0 Å². The van der Waals surface area contributed by atoms with Gasteiger partial charge in [-0.05, 0) is 53.2 Å². The highest BCUT2D eigenvalue weighted by Gasteiger charge is 2.07. The van der Waals surface area contributed by atoms with Gasteiger partial charge >= 0.3 is 0 Å². The van der Waals surface area contributed by atoms with Crippen molar-refractivity contribution in [2.24, 2.45) is 5.92 Å². The first kappa shape index (κ1) is 16.0. The van der Waals surface area contributed by atoms with Crippen LogP contribution in [0.5, 0.6) is 0 Å². The van der Waals surface area contributed by atoms with Gasteiger partial charge in [0, 0.05) is 38.1 Å². The predicted octanol–water partition coefficient (Wildman–Crippen LogP) is 5.03. The minimum Gasteiger partial charge on any atom is -0.380 e. The second kappa shape index (κ2) is 7.09. The third-order valence-electron chi connectivity index (χ3n) is 3.05. The Morgan fingerprint density at radius 2 is 1.86 bits per heavy atom. The van der Waals surface area contributed by atoms with Crippen molar-refractivity contribution in [3.63, 3.8) is 0 Å². The molecule has 0 fully saturated rings.